The van der Waals surface area contributed by atoms with Crippen LogP contribution in [0.3, 0.4) is 0 Å². The fourth-order valence-electron chi connectivity index (χ4n) is 3.79. The molecule has 1 aromatic rings. The van der Waals surface area contributed by atoms with Gasteiger partial charge in [0.15, 0.2) is 5.11 Å². The van der Waals surface area contributed by atoms with Crippen LogP contribution >= 0.6 is 12.2 Å². The van der Waals surface area contributed by atoms with E-state index in [-0.39, 0.29) is 18.4 Å². The number of hydrogen-bond acceptors (Lipinski definition) is 5. The molecule has 2 amide bonds. The summed E-state index contributed by atoms with van der Waals surface area (Å²) >= 11 is 5.38. The molecule has 2 fully saturated rings. The lowest BCUT2D eigenvalue weighted by atomic mass is 10.1. The maximum Gasteiger partial charge on any atom is 0.337 e. The number of carbonyl (C=O) groups is 3. The Morgan fingerprint density at radius 3 is 2.63 bits per heavy atom. The van der Waals surface area contributed by atoms with E-state index in [1.807, 2.05) is 4.90 Å². The summed E-state index contributed by atoms with van der Waals surface area (Å²) < 4.78 is 4.73. The van der Waals surface area contributed by atoms with E-state index in [0.717, 1.165) is 38.8 Å². The summed E-state index contributed by atoms with van der Waals surface area (Å²) in [6.45, 7) is 2.26. The van der Waals surface area contributed by atoms with Crippen LogP contribution in [-0.4, -0.2) is 72.0 Å². The van der Waals surface area contributed by atoms with Gasteiger partial charge in [-0.3, -0.25) is 9.59 Å². The largest absolute Gasteiger partial charge is 0.465 e. The van der Waals surface area contributed by atoms with Crippen molar-refractivity contribution >= 4 is 40.8 Å². The summed E-state index contributed by atoms with van der Waals surface area (Å²) in [5.41, 5.74) is 1.03. The van der Waals surface area contributed by atoms with E-state index < -0.39 is 12.0 Å². The molecule has 2 saturated heterocycles. The first-order chi connectivity index (χ1) is 14.5. The highest BCUT2D eigenvalue weighted by Crippen LogP contribution is 2.16. The second-order valence-electron chi connectivity index (χ2n) is 7.57. The molecule has 30 heavy (non-hydrogen) atoms. The molecule has 162 valence electrons. The molecular formula is C21H28N4O4S. The number of likely N-dealkylation sites (tertiary alicyclic amines) is 2. The van der Waals surface area contributed by atoms with Gasteiger partial charge in [-0.1, -0.05) is 6.07 Å². The average Bonchev–Trinajstić information content (AvgIpc) is 3.23. The molecule has 2 N–H and O–H groups in total. The molecule has 0 aliphatic carbocycles. The minimum absolute atomic E-state index is 0.0156. The Morgan fingerprint density at radius 2 is 1.90 bits per heavy atom. The van der Waals surface area contributed by atoms with Gasteiger partial charge in [-0.25, -0.2) is 4.79 Å². The molecule has 0 spiro atoms. The number of anilines is 1. The zero-order chi connectivity index (χ0) is 21.5. The number of hydrogen-bond donors (Lipinski definition) is 2. The number of nitrogens with zero attached hydrogens (tertiary/aromatic N) is 2. The van der Waals surface area contributed by atoms with E-state index in [2.05, 4.69) is 10.6 Å². The molecule has 0 aromatic heterocycles. The van der Waals surface area contributed by atoms with E-state index in [9.17, 15) is 14.4 Å². The first kappa shape index (κ1) is 22.0. The summed E-state index contributed by atoms with van der Waals surface area (Å²) in [6.07, 6.45) is 4.44. The van der Waals surface area contributed by atoms with Crippen molar-refractivity contribution < 1.29 is 19.1 Å². The van der Waals surface area contributed by atoms with Gasteiger partial charge < -0.3 is 25.2 Å². The van der Waals surface area contributed by atoms with E-state index in [0.29, 0.717) is 29.3 Å². The number of thiocarbonyl (C=S) groups is 1. The third kappa shape index (κ3) is 5.69. The van der Waals surface area contributed by atoms with E-state index in [1.54, 1.807) is 29.2 Å². The van der Waals surface area contributed by atoms with Gasteiger partial charge in [0.1, 0.15) is 6.04 Å². The maximum atomic E-state index is 13.0. The van der Waals surface area contributed by atoms with Crippen molar-refractivity contribution in [1.29, 1.82) is 0 Å². The lowest BCUT2D eigenvalue weighted by Gasteiger charge is -2.27. The SMILES string of the molecule is COC(=O)c1cccc(NC(=S)NC2CCCCN(CC(=O)N3CCCC3)C2=O)c1. The third-order valence-electron chi connectivity index (χ3n) is 5.41. The summed E-state index contributed by atoms with van der Waals surface area (Å²) in [6, 6.07) is 6.30. The summed E-state index contributed by atoms with van der Waals surface area (Å²) in [7, 11) is 1.33. The Bertz CT molecular complexity index is 810. The molecule has 1 atom stereocenters. The maximum absolute atomic E-state index is 13.0. The smallest absolute Gasteiger partial charge is 0.337 e. The van der Waals surface area contributed by atoms with Gasteiger partial charge >= 0.3 is 5.97 Å². The number of esters is 1. The first-order valence-electron chi connectivity index (χ1n) is 10.3. The van der Waals surface area contributed by atoms with Crippen LogP contribution < -0.4 is 10.6 Å². The van der Waals surface area contributed by atoms with Crippen molar-refractivity contribution in [3.05, 3.63) is 29.8 Å². The van der Waals surface area contributed by atoms with Gasteiger partial charge in [0.05, 0.1) is 19.2 Å². The third-order valence-corrected chi connectivity index (χ3v) is 5.63. The Morgan fingerprint density at radius 1 is 1.17 bits per heavy atom. The van der Waals surface area contributed by atoms with Crippen molar-refractivity contribution in [3.8, 4) is 0 Å². The van der Waals surface area contributed by atoms with Crippen LogP contribution in [0.2, 0.25) is 0 Å². The quantitative estimate of drug-likeness (QED) is 0.541. The Labute approximate surface area is 181 Å². The van der Waals surface area contributed by atoms with Crippen LogP contribution in [0.15, 0.2) is 24.3 Å². The van der Waals surface area contributed by atoms with Gasteiger partial charge in [-0.05, 0) is 62.5 Å². The van der Waals surface area contributed by atoms with Gasteiger partial charge in [0.25, 0.3) is 0 Å². The fourth-order valence-corrected chi connectivity index (χ4v) is 4.05. The second-order valence-corrected chi connectivity index (χ2v) is 7.98. The minimum atomic E-state index is -0.484. The number of carbonyl (C=O) groups excluding carboxylic acids is 3. The number of rotatable bonds is 5. The molecule has 0 saturated carbocycles. The van der Waals surface area contributed by atoms with Crippen LogP contribution in [0.5, 0.6) is 0 Å². The number of ether oxygens (including phenoxy) is 1. The van der Waals surface area contributed by atoms with Crippen molar-refractivity contribution in [1.82, 2.24) is 15.1 Å². The molecule has 9 heteroatoms. The Kier molecular flexibility index (Phi) is 7.62. The standard InChI is InChI=1S/C21H28N4O4S/c1-29-20(28)15-7-6-8-16(13-15)22-21(30)23-17-9-2-3-12-25(19(17)27)14-18(26)24-10-4-5-11-24/h6-8,13,17H,2-5,9-12,14H2,1H3,(H2,22,23,30). The lowest BCUT2D eigenvalue weighted by Crippen LogP contribution is -2.51. The molecule has 1 unspecified atom stereocenters. The lowest BCUT2D eigenvalue weighted by molar-refractivity contribution is -0.140. The van der Waals surface area contributed by atoms with E-state index >= 15 is 0 Å². The molecular weight excluding hydrogens is 404 g/mol. The molecule has 1 aromatic carbocycles. The number of methoxy groups -OCH3 is 1. The number of benzene rings is 1. The topological polar surface area (TPSA) is 91.0 Å². The predicted octanol–water partition coefficient (Wildman–Crippen LogP) is 1.76. The predicted molar refractivity (Wildman–Crippen MR) is 117 cm³/mol. The van der Waals surface area contributed by atoms with Crippen molar-refractivity contribution in [2.45, 2.75) is 38.1 Å². The first-order valence-corrected chi connectivity index (χ1v) is 10.7. The molecule has 0 bridgehead atoms. The highest BCUT2D eigenvalue weighted by atomic mass is 32.1. The van der Waals surface area contributed by atoms with Crippen LogP contribution in [0.4, 0.5) is 5.69 Å². The van der Waals surface area contributed by atoms with Gasteiger partial charge in [-0.15, -0.1) is 0 Å². The van der Waals surface area contributed by atoms with Crippen LogP contribution in [0.25, 0.3) is 0 Å². The highest BCUT2D eigenvalue weighted by Gasteiger charge is 2.30. The minimum Gasteiger partial charge on any atom is -0.465 e. The van der Waals surface area contributed by atoms with Crippen molar-refractivity contribution in [2.75, 3.05) is 38.6 Å². The molecule has 2 heterocycles. The normalized spacial score (nSPS) is 19.2. The average molecular weight is 433 g/mol. The second kappa shape index (κ2) is 10.4. The van der Waals surface area contributed by atoms with Crippen molar-refractivity contribution in [3.63, 3.8) is 0 Å². The highest BCUT2D eigenvalue weighted by molar-refractivity contribution is 7.80. The zero-order valence-electron chi connectivity index (χ0n) is 17.2. The van der Waals surface area contributed by atoms with Crippen LogP contribution in [-0.2, 0) is 14.3 Å². The summed E-state index contributed by atoms with van der Waals surface area (Å²) in [5.74, 6) is -0.524. The monoisotopic (exact) mass is 432 g/mol. The molecule has 8 nitrogen and oxygen atoms in total. The molecule has 2 aliphatic rings. The molecule has 2 aliphatic heterocycles. The summed E-state index contributed by atoms with van der Waals surface area (Å²) in [5, 5.41) is 6.39. The number of amides is 2. The van der Waals surface area contributed by atoms with Gasteiger partial charge in [-0.2, -0.15) is 0 Å². The fraction of sp³-hybridized carbons (Fsp3) is 0.524. The van der Waals surface area contributed by atoms with E-state index in [4.69, 9.17) is 17.0 Å². The van der Waals surface area contributed by atoms with Crippen molar-refractivity contribution in [2.24, 2.45) is 0 Å². The summed E-state index contributed by atoms with van der Waals surface area (Å²) in [4.78, 5) is 40.7. The van der Waals surface area contributed by atoms with E-state index in [1.165, 1.54) is 7.11 Å². The van der Waals surface area contributed by atoms with Crippen LogP contribution in [0, 0.1) is 0 Å². The Hall–Kier alpha value is -2.68. The number of nitrogens with one attached hydrogen (secondary N) is 2. The molecule has 0 radical (unpaired) electrons. The Balaban J connectivity index is 1.59. The van der Waals surface area contributed by atoms with Gasteiger partial charge in [0.2, 0.25) is 11.8 Å². The zero-order valence-corrected chi connectivity index (χ0v) is 18.0. The van der Waals surface area contributed by atoms with Crippen LogP contribution in [0.1, 0.15) is 42.5 Å². The van der Waals surface area contributed by atoms with Gasteiger partial charge in [0, 0.05) is 25.3 Å². The molecule has 3 rings (SSSR count).